The van der Waals surface area contributed by atoms with Crippen LogP contribution in [0.1, 0.15) is 470 Å². The van der Waals surface area contributed by atoms with Gasteiger partial charge in [0.25, 0.3) is 0 Å². The molecule has 0 saturated carbocycles. The van der Waals surface area contributed by atoms with Crippen molar-refractivity contribution in [2.75, 3.05) is 26.4 Å². The predicted molar refractivity (Wildman–Crippen MR) is 391 cm³/mol. The highest BCUT2D eigenvalue weighted by Gasteiger charge is 2.26. The third kappa shape index (κ3) is 76.0. The number of phosphoric acid groups is 1. The highest BCUT2D eigenvalue weighted by atomic mass is 31.2. The molecule has 538 valence electrons. The van der Waals surface area contributed by atoms with E-state index in [9.17, 15) is 19.0 Å². The average Bonchev–Trinajstić information content (AvgIpc) is 3.75. The van der Waals surface area contributed by atoms with E-state index >= 15 is 0 Å². The van der Waals surface area contributed by atoms with Crippen LogP contribution in [-0.4, -0.2) is 49.3 Å². The van der Waals surface area contributed by atoms with E-state index < -0.39 is 26.5 Å². The largest absolute Gasteiger partial charge is 0.472 e. The van der Waals surface area contributed by atoms with E-state index in [0.29, 0.717) is 12.8 Å². The zero-order chi connectivity index (χ0) is 65.1. The number of unbranched alkanes of at least 4 members (excludes halogenated alkanes) is 67. The summed E-state index contributed by atoms with van der Waals surface area (Å²) in [5.74, 6) is -0.794. The molecule has 3 N–H and O–H groups in total. The second-order valence-corrected chi connectivity index (χ2v) is 29.8. The molecule has 0 bridgehead atoms. The van der Waals surface area contributed by atoms with Gasteiger partial charge in [-0.15, -0.1) is 0 Å². The van der Waals surface area contributed by atoms with E-state index in [1.807, 2.05) is 0 Å². The second kappa shape index (κ2) is 77.0. The first kappa shape index (κ1) is 89.0. The fraction of sp³-hybridized carbons (Fsp3) is 0.975. The van der Waals surface area contributed by atoms with Gasteiger partial charge in [0.05, 0.1) is 13.2 Å². The molecule has 2 atom stereocenters. The van der Waals surface area contributed by atoms with Crippen molar-refractivity contribution < 1.29 is 37.6 Å². The lowest BCUT2D eigenvalue weighted by Crippen LogP contribution is -2.29. The Labute approximate surface area is 562 Å². The third-order valence-electron chi connectivity index (χ3n) is 19.2. The molecule has 0 heterocycles. The van der Waals surface area contributed by atoms with E-state index in [-0.39, 0.29) is 32.1 Å². The van der Waals surface area contributed by atoms with Gasteiger partial charge >= 0.3 is 19.8 Å². The predicted octanol–water partition coefficient (Wildman–Crippen LogP) is 27.3. The summed E-state index contributed by atoms with van der Waals surface area (Å²) in [7, 11) is -4.39. The van der Waals surface area contributed by atoms with Crippen LogP contribution in [-0.2, 0) is 32.7 Å². The Bertz CT molecular complexity index is 1430. The number of phosphoric ester groups is 1. The van der Waals surface area contributed by atoms with Crippen LogP contribution in [0.4, 0.5) is 0 Å². The molecule has 10 heteroatoms. The molecule has 0 fully saturated rings. The molecule has 0 radical (unpaired) electrons. The summed E-state index contributed by atoms with van der Waals surface area (Å²) in [6.45, 7) is 3.86. The number of esters is 2. The molecule has 2 unspecified atom stereocenters. The number of ether oxygens (including phenoxy) is 2. The Hall–Kier alpha value is -0.990. The van der Waals surface area contributed by atoms with Crippen molar-refractivity contribution in [1.29, 1.82) is 0 Å². The molecule has 0 aromatic carbocycles. The fourth-order valence-corrected chi connectivity index (χ4v) is 13.9. The van der Waals surface area contributed by atoms with Crippen LogP contribution in [0.25, 0.3) is 0 Å². The maximum Gasteiger partial charge on any atom is 0.472 e. The second-order valence-electron chi connectivity index (χ2n) is 28.4. The average molecular weight is 1300 g/mol. The van der Waals surface area contributed by atoms with Gasteiger partial charge in [0.15, 0.2) is 6.10 Å². The number of nitrogens with two attached hydrogens (primary N) is 1. The van der Waals surface area contributed by atoms with Gasteiger partial charge in [-0.25, -0.2) is 4.57 Å². The van der Waals surface area contributed by atoms with Crippen LogP contribution in [0, 0.1) is 0 Å². The third-order valence-corrected chi connectivity index (χ3v) is 20.2. The maximum absolute atomic E-state index is 12.8. The standard InChI is InChI=1S/C80H160NO8P/c1-3-5-7-9-11-13-15-17-19-21-23-25-27-29-31-33-35-36-37-38-39-40-41-42-43-45-47-49-51-53-55-57-59-61-63-65-67-69-71-73-80(83)89-78(77-88-90(84,85)87-75-74-81)76-86-79(82)72-70-68-66-64-62-60-58-56-54-52-50-48-46-44-34-32-30-28-26-24-22-20-18-16-14-12-10-8-6-4-2/h78H,3-77,81H2,1-2H3,(H,84,85). The van der Waals surface area contributed by atoms with Gasteiger partial charge in [-0.2, -0.15) is 0 Å². The van der Waals surface area contributed by atoms with Gasteiger partial charge < -0.3 is 20.1 Å². The van der Waals surface area contributed by atoms with E-state index in [1.54, 1.807) is 0 Å². The molecule has 9 nitrogen and oxygen atoms in total. The van der Waals surface area contributed by atoms with Crippen molar-refractivity contribution in [3.05, 3.63) is 0 Å². The number of hydrogen-bond acceptors (Lipinski definition) is 8. The summed E-state index contributed by atoms with van der Waals surface area (Å²) in [6, 6.07) is 0. The Balaban J connectivity index is 3.70. The summed E-state index contributed by atoms with van der Waals surface area (Å²) in [4.78, 5) is 35.5. The van der Waals surface area contributed by atoms with Crippen molar-refractivity contribution in [3.8, 4) is 0 Å². The molecule has 0 rings (SSSR count). The number of rotatable bonds is 80. The highest BCUT2D eigenvalue weighted by Crippen LogP contribution is 2.43. The zero-order valence-corrected chi connectivity index (χ0v) is 61.8. The van der Waals surface area contributed by atoms with Gasteiger partial charge in [-0.3, -0.25) is 18.6 Å². The van der Waals surface area contributed by atoms with Crippen molar-refractivity contribution in [2.24, 2.45) is 5.73 Å². The number of carbonyl (C=O) groups is 2. The van der Waals surface area contributed by atoms with Gasteiger partial charge in [0, 0.05) is 19.4 Å². The number of carbonyl (C=O) groups excluding carboxylic acids is 2. The summed E-state index contributed by atoms with van der Waals surface area (Å²) >= 11 is 0. The van der Waals surface area contributed by atoms with E-state index in [0.717, 1.165) is 32.1 Å². The molecular formula is C80H160NO8P. The van der Waals surface area contributed by atoms with Crippen molar-refractivity contribution in [2.45, 2.75) is 476 Å². The number of hydrogen-bond donors (Lipinski definition) is 2. The lowest BCUT2D eigenvalue weighted by atomic mass is 10.0. The molecule has 0 aromatic heterocycles. The summed E-state index contributed by atoms with van der Waals surface area (Å²) < 4.78 is 33.3. The normalized spacial score (nSPS) is 12.7. The van der Waals surface area contributed by atoms with E-state index in [1.165, 1.54) is 405 Å². The van der Waals surface area contributed by atoms with Crippen molar-refractivity contribution in [3.63, 3.8) is 0 Å². The first-order valence-electron chi connectivity index (χ1n) is 41.0. The van der Waals surface area contributed by atoms with Crippen LogP contribution in [0.2, 0.25) is 0 Å². The molecule has 0 amide bonds. The van der Waals surface area contributed by atoms with E-state index in [2.05, 4.69) is 13.8 Å². The molecule has 0 aliphatic rings. The fourth-order valence-electron chi connectivity index (χ4n) is 13.2. The molecular weight excluding hydrogens is 1130 g/mol. The van der Waals surface area contributed by atoms with Gasteiger partial charge in [-0.05, 0) is 12.8 Å². The summed E-state index contributed by atoms with van der Waals surface area (Å²) in [5.41, 5.74) is 5.42. The van der Waals surface area contributed by atoms with Gasteiger partial charge in [-0.1, -0.05) is 444 Å². The first-order valence-corrected chi connectivity index (χ1v) is 42.5. The molecule has 0 saturated heterocycles. The smallest absolute Gasteiger partial charge is 0.462 e. The minimum absolute atomic E-state index is 0.0590. The maximum atomic E-state index is 12.8. The monoisotopic (exact) mass is 1290 g/mol. The van der Waals surface area contributed by atoms with Gasteiger partial charge in [0.1, 0.15) is 6.61 Å². The minimum atomic E-state index is -4.39. The minimum Gasteiger partial charge on any atom is -0.462 e. The lowest BCUT2D eigenvalue weighted by molar-refractivity contribution is -0.161. The molecule has 90 heavy (non-hydrogen) atoms. The topological polar surface area (TPSA) is 134 Å². The SMILES string of the molecule is CCCCCCCCCCCCCCCCCCCCCCCCCCCCCCCCCCCCCCCCCC(=O)OC(COC(=O)CCCCCCCCCCCCCCCCCCCCCCCCCCCCCCCC)COP(=O)(O)OCCN. The highest BCUT2D eigenvalue weighted by molar-refractivity contribution is 7.47. The van der Waals surface area contributed by atoms with Crippen LogP contribution < -0.4 is 5.73 Å². The first-order chi connectivity index (χ1) is 44.3. The molecule has 0 aliphatic heterocycles. The quantitative estimate of drug-likeness (QED) is 0.0347. The Morgan fingerprint density at radius 3 is 0.678 bits per heavy atom. The van der Waals surface area contributed by atoms with Crippen LogP contribution >= 0.6 is 7.82 Å². The Kier molecular flexibility index (Phi) is 76.2. The summed E-state index contributed by atoms with van der Waals surface area (Å²) in [5, 5.41) is 0. The molecule has 0 aromatic rings. The van der Waals surface area contributed by atoms with Crippen LogP contribution in [0.3, 0.4) is 0 Å². The lowest BCUT2D eigenvalue weighted by Gasteiger charge is -2.19. The molecule has 0 spiro atoms. The Morgan fingerprint density at radius 2 is 0.478 bits per heavy atom. The Morgan fingerprint density at radius 1 is 0.289 bits per heavy atom. The van der Waals surface area contributed by atoms with Crippen LogP contribution in [0.5, 0.6) is 0 Å². The van der Waals surface area contributed by atoms with Gasteiger partial charge in [0.2, 0.25) is 0 Å². The van der Waals surface area contributed by atoms with Crippen LogP contribution in [0.15, 0.2) is 0 Å². The molecule has 0 aliphatic carbocycles. The van der Waals surface area contributed by atoms with E-state index in [4.69, 9.17) is 24.3 Å². The van der Waals surface area contributed by atoms with Crippen molar-refractivity contribution >= 4 is 19.8 Å². The van der Waals surface area contributed by atoms with Crippen molar-refractivity contribution in [1.82, 2.24) is 0 Å². The summed E-state index contributed by atoms with van der Waals surface area (Å²) in [6.07, 6.45) is 94.1. The zero-order valence-electron chi connectivity index (χ0n) is 60.9.